The Morgan fingerprint density at radius 2 is 1.83 bits per heavy atom. The van der Waals surface area contributed by atoms with Crippen molar-refractivity contribution in [1.82, 2.24) is 24.3 Å². The molecular formula is C27H26ClN5O2. The third-order valence-electron chi connectivity index (χ3n) is 5.64. The third kappa shape index (κ3) is 4.81. The van der Waals surface area contributed by atoms with Gasteiger partial charge >= 0.3 is 0 Å². The quantitative estimate of drug-likeness (QED) is 0.279. The van der Waals surface area contributed by atoms with Crippen molar-refractivity contribution in [2.45, 2.75) is 27.3 Å². The van der Waals surface area contributed by atoms with Gasteiger partial charge in [-0.1, -0.05) is 37.6 Å². The number of ketones is 1. The Balaban J connectivity index is 0.00000141. The summed E-state index contributed by atoms with van der Waals surface area (Å²) in [5.74, 6) is 1.12. The van der Waals surface area contributed by atoms with Gasteiger partial charge in [0.2, 0.25) is 0 Å². The van der Waals surface area contributed by atoms with Crippen LogP contribution < -0.4 is 4.74 Å². The van der Waals surface area contributed by atoms with Crippen LogP contribution in [0.1, 0.15) is 41.0 Å². The number of hydrogen-bond acceptors (Lipinski definition) is 5. The highest BCUT2D eigenvalue weighted by Gasteiger charge is 2.23. The molecule has 0 aliphatic rings. The Morgan fingerprint density at radius 1 is 1.06 bits per heavy atom. The van der Waals surface area contributed by atoms with E-state index in [2.05, 4.69) is 19.6 Å². The predicted molar refractivity (Wildman–Crippen MR) is 138 cm³/mol. The van der Waals surface area contributed by atoms with Crippen LogP contribution in [0.5, 0.6) is 5.75 Å². The Bertz CT molecular complexity index is 1460. The van der Waals surface area contributed by atoms with E-state index in [1.165, 1.54) is 0 Å². The lowest BCUT2D eigenvalue weighted by Gasteiger charge is -2.09. The van der Waals surface area contributed by atoms with Crippen molar-refractivity contribution in [1.29, 1.82) is 0 Å². The highest BCUT2D eigenvalue weighted by molar-refractivity contribution is 6.30. The molecule has 0 radical (unpaired) electrons. The fourth-order valence-electron chi connectivity index (χ4n) is 3.97. The molecule has 0 bridgehead atoms. The summed E-state index contributed by atoms with van der Waals surface area (Å²) in [6.45, 7) is 6.57. The number of aromatic nitrogens is 5. The number of ether oxygens (including phenoxy) is 1. The molecule has 7 nitrogen and oxygen atoms in total. The zero-order valence-corrected chi connectivity index (χ0v) is 20.8. The second-order valence-electron chi connectivity index (χ2n) is 7.62. The molecule has 0 N–H and O–H groups in total. The number of carbonyl (C=O) groups is 1. The summed E-state index contributed by atoms with van der Waals surface area (Å²) in [4.78, 5) is 22.0. The Morgan fingerprint density at radius 3 is 2.51 bits per heavy atom. The molecule has 0 aliphatic carbocycles. The Labute approximate surface area is 209 Å². The van der Waals surface area contributed by atoms with Gasteiger partial charge in [0.25, 0.3) is 0 Å². The van der Waals surface area contributed by atoms with Crippen molar-refractivity contribution in [2.75, 3.05) is 7.11 Å². The van der Waals surface area contributed by atoms with E-state index >= 15 is 0 Å². The zero-order valence-electron chi connectivity index (χ0n) is 20.1. The lowest BCUT2D eigenvalue weighted by atomic mass is 10.0. The van der Waals surface area contributed by atoms with E-state index in [-0.39, 0.29) is 5.78 Å². The molecule has 0 saturated heterocycles. The maximum atomic E-state index is 13.7. The van der Waals surface area contributed by atoms with Gasteiger partial charge in [0.1, 0.15) is 5.75 Å². The van der Waals surface area contributed by atoms with Crippen LogP contribution in [0.25, 0.3) is 16.7 Å². The maximum absolute atomic E-state index is 13.7. The SMILES string of the molecule is CC.COc1ccc2c(c1)c(C(=O)c1cnn(-c3cnccn3)c1)c(C)n2Cc1ccc(Cl)cc1. The topological polar surface area (TPSA) is 74.8 Å². The number of carbonyl (C=O) groups excluding carboxylic acids is 1. The molecule has 3 heterocycles. The highest BCUT2D eigenvalue weighted by Crippen LogP contribution is 2.32. The molecule has 35 heavy (non-hydrogen) atoms. The van der Waals surface area contributed by atoms with Crippen molar-refractivity contribution in [3.8, 4) is 11.6 Å². The van der Waals surface area contributed by atoms with Gasteiger partial charge in [0.05, 0.1) is 30.6 Å². The molecule has 0 saturated carbocycles. The van der Waals surface area contributed by atoms with Gasteiger partial charge in [-0.15, -0.1) is 0 Å². The zero-order chi connectivity index (χ0) is 24.9. The first kappa shape index (κ1) is 24.2. The molecule has 0 aliphatic heterocycles. The summed E-state index contributed by atoms with van der Waals surface area (Å²) in [5.41, 5.74) is 4.00. The van der Waals surface area contributed by atoms with E-state index in [1.54, 1.807) is 42.8 Å². The first-order chi connectivity index (χ1) is 17.0. The number of halogens is 1. The van der Waals surface area contributed by atoms with E-state index in [0.29, 0.717) is 34.3 Å². The standard InChI is InChI=1S/C25H20ClN5O2.C2H6/c1-16-24(25(32)18-12-29-31(15-18)23-13-27-9-10-28-23)21-11-20(33-2)7-8-22(21)30(16)14-17-3-5-19(26)6-4-17;1-2/h3-13,15H,14H2,1-2H3;1-2H3. The number of fused-ring (bicyclic) bond motifs is 1. The lowest BCUT2D eigenvalue weighted by Crippen LogP contribution is -2.06. The van der Waals surface area contributed by atoms with Gasteiger partial charge < -0.3 is 9.30 Å². The normalized spacial score (nSPS) is 10.7. The molecule has 178 valence electrons. The summed E-state index contributed by atoms with van der Waals surface area (Å²) in [7, 11) is 1.62. The average Bonchev–Trinajstić information content (AvgIpc) is 3.50. The molecule has 0 unspecified atom stereocenters. The van der Waals surface area contributed by atoms with E-state index in [9.17, 15) is 4.79 Å². The minimum Gasteiger partial charge on any atom is -0.497 e. The molecule has 0 atom stereocenters. The first-order valence-corrected chi connectivity index (χ1v) is 11.7. The largest absolute Gasteiger partial charge is 0.497 e. The third-order valence-corrected chi connectivity index (χ3v) is 5.89. The molecular weight excluding hydrogens is 462 g/mol. The number of methoxy groups -OCH3 is 1. The minimum absolute atomic E-state index is 0.115. The van der Waals surface area contributed by atoms with Crippen LogP contribution in [0.15, 0.2) is 73.4 Å². The van der Waals surface area contributed by atoms with Gasteiger partial charge in [-0.3, -0.25) is 9.78 Å². The van der Waals surface area contributed by atoms with Gasteiger partial charge in [-0.2, -0.15) is 5.10 Å². The second kappa shape index (κ2) is 10.5. The number of hydrogen-bond donors (Lipinski definition) is 0. The molecule has 0 amide bonds. The molecule has 2 aromatic carbocycles. The molecule has 5 rings (SSSR count). The van der Waals surface area contributed by atoms with E-state index in [1.807, 2.05) is 63.2 Å². The fourth-order valence-corrected chi connectivity index (χ4v) is 4.10. The van der Waals surface area contributed by atoms with Crippen LogP contribution in [0, 0.1) is 6.92 Å². The Hall–Kier alpha value is -3.97. The van der Waals surface area contributed by atoms with Crippen LogP contribution in [0.4, 0.5) is 0 Å². The Kier molecular flexibility index (Phi) is 7.27. The van der Waals surface area contributed by atoms with E-state index in [0.717, 1.165) is 22.2 Å². The van der Waals surface area contributed by atoms with Crippen LogP contribution in [0.3, 0.4) is 0 Å². The van der Waals surface area contributed by atoms with Crippen LogP contribution in [-0.2, 0) is 6.54 Å². The van der Waals surface area contributed by atoms with Gasteiger partial charge in [-0.05, 0) is 42.8 Å². The van der Waals surface area contributed by atoms with Gasteiger partial charge in [-0.25, -0.2) is 9.67 Å². The van der Waals surface area contributed by atoms with Gasteiger partial charge in [0, 0.05) is 46.8 Å². The van der Waals surface area contributed by atoms with E-state index in [4.69, 9.17) is 16.3 Å². The molecule has 5 aromatic rings. The molecule has 0 spiro atoms. The fraction of sp³-hybridized carbons (Fsp3) is 0.185. The summed E-state index contributed by atoms with van der Waals surface area (Å²) >= 11 is 6.05. The van der Waals surface area contributed by atoms with E-state index < -0.39 is 0 Å². The van der Waals surface area contributed by atoms with Crippen LogP contribution in [0.2, 0.25) is 5.02 Å². The minimum atomic E-state index is -0.115. The summed E-state index contributed by atoms with van der Waals surface area (Å²) in [6.07, 6.45) is 7.99. The van der Waals surface area contributed by atoms with Gasteiger partial charge in [0.15, 0.2) is 11.6 Å². The molecule has 8 heteroatoms. The highest BCUT2D eigenvalue weighted by atomic mass is 35.5. The number of rotatable bonds is 6. The van der Waals surface area contributed by atoms with Crippen molar-refractivity contribution in [3.05, 3.63) is 101 Å². The number of nitrogens with zero attached hydrogens (tertiary/aromatic N) is 5. The van der Waals surface area contributed by atoms with Crippen molar-refractivity contribution in [2.24, 2.45) is 0 Å². The van der Waals surface area contributed by atoms with Crippen molar-refractivity contribution < 1.29 is 9.53 Å². The van der Waals surface area contributed by atoms with Crippen LogP contribution >= 0.6 is 11.6 Å². The van der Waals surface area contributed by atoms with Crippen LogP contribution in [-0.4, -0.2) is 37.2 Å². The van der Waals surface area contributed by atoms with Crippen molar-refractivity contribution >= 4 is 28.3 Å². The number of benzene rings is 2. The summed E-state index contributed by atoms with van der Waals surface area (Å²) in [5, 5.41) is 5.83. The summed E-state index contributed by atoms with van der Waals surface area (Å²) < 4.78 is 9.12. The molecule has 0 fully saturated rings. The monoisotopic (exact) mass is 487 g/mol. The van der Waals surface area contributed by atoms with Crippen molar-refractivity contribution in [3.63, 3.8) is 0 Å². The smallest absolute Gasteiger partial charge is 0.198 e. The summed E-state index contributed by atoms with van der Waals surface area (Å²) in [6, 6.07) is 13.5. The molecule has 3 aromatic heterocycles. The average molecular weight is 488 g/mol. The predicted octanol–water partition coefficient (Wildman–Crippen LogP) is 5.89. The second-order valence-corrected chi connectivity index (χ2v) is 8.06. The maximum Gasteiger partial charge on any atom is 0.198 e. The lowest BCUT2D eigenvalue weighted by molar-refractivity contribution is 0.103. The first-order valence-electron chi connectivity index (χ1n) is 11.3.